The van der Waals surface area contributed by atoms with Gasteiger partial charge in [-0.2, -0.15) is 0 Å². The molecule has 0 bridgehead atoms. The van der Waals surface area contributed by atoms with E-state index in [0.29, 0.717) is 33.7 Å². The van der Waals surface area contributed by atoms with Crippen molar-refractivity contribution in [2.45, 2.75) is 19.9 Å². The molecule has 5 nitrogen and oxygen atoms in total. The number of ketones is 1. The maximum atomic E-state index is 12.4. The smallest absolute Gasteiger partial charge is 0.239 e. The fourth-order valence-corrected chi connectivity index (χ4v) is 4.43. The summed E-state index contributed by atoms with van der Waals surface area (Å²) in [6.45, 7) is 3.30. The molecular formula is C19H15BrN2O3S. The minimum Gasteiger partial charge on any atom is -0.458 e. The zero-order chi connectivity index (χ0) is 18.4. The van der Waals surface area contributed by atoms with Crippen LogP contribution in [0, 0.1) is 0 Å². The van der Waals surface area contributed by atoms with Crippen LogP contribution in [-0.2, 0) is 9.59 Å². The predicted octanol–water partition coefficient (Wildman–Crippen LogP) is 4.56. The van der Waals surface area contributed by atoms with Crippen LogP contribution in [0.5, 0.6) is 0 Å². The summed E-state index contributed by atoms with van der Waals surface area (Å²) in [6, 6.07) is 10.9. The number of Topliss-reactive ketones (excluding diaryl/α,β-unsaturated/α-hetero) is 1. The first-order valence-electron chi connectivity index (χ1n) is 8.06. The number of thioether (sulfide) groups is 1. The van der Waals surface area contributed by atoms with Crippen LogP contribution in [0.1, 0.15) is 25.6 Å². The highest BCUT2D eigenvalue weighted by Gasteiger charge is 2.43. The maximum Gasteiger partial charge on any atom is 0.239 e. The Balaban J connectivity index is 1.80. The first-order valence-corrected chi connectivity index (χ1v) is 9.84. The zero-order valence-corrected chi connectivity index (χ0v) is 16.6. The molecule has 2 aliphatic rings. The number of carbonyl (C=O) groups is 2. The summed E-state index contributed by atoms with van der Waals surface area (Å²) in [7, 11) is 0. The van der Waals surface area contributed by atoms with Crippen LogP contribution in [-0.4, -0.2) is 27.5 Å². The number of rotatable bonds is 3. The van der Waals surface area contributed by atoms with Crippen LogP contribution >= 0.6 is 27.7 Å². The Kier molecular flexibility index (Phi) is 4.36. The number of amidine groups is 1. The van der Waals surface area contributed by atoms with Crippen LogP contribution in [0.15, 0.2) is 61.6 Å². The number of hydrogen-bond acceptors (Lipinski definition) is 5. The van der Waals surface area contributed by atoms with Gasteiger partial charge in [0.25, 0.3) is 0 Å². The molecule has 3 heterocycles. The van der Waals surface area contributed by atoms with Crippen LogP contribution in [0.4, 0.5) is 0 Å². The fraction of sp³-hybridized carbons (Fsp3) is 0.211. The molecule has 26 heavy (non-hydrogen) atoms. The maximum absolute atomic E-state index is 12.4. The predicted molar refractivity (Wildman–Crippen MR) is 105 cm³/mol. The van der Waals surface area contributed by atoms with Crippen molar-refractivity contribution in [3.05, 3.63) is 57.9 Å². The van der Waals surface area contributed by atoms with Gasteiger partial charge in [-0.15, -0.1) is 0 Å². The molecule has 1 aromatic heterocycles. The lowest BCUT2D eigenvalue weighted by Gasteiger charge is -2.31. The third-order valence-electron chi connectivity index (χ3n) is 4.39. The van der Waals surface area contributed by atoms with Crippen molar-refractivity contribution in [3.63, 3.8) is 0 Å². The summed E-state index contributed by atoms with van der Waals surface area (Å²) in [6.07, 6.45) is 0. The Hall–Kier alpha value is -2.12. The molecule has 0 spiro atoms. The molecule has 1 fully saturated rings. The lowest BCUT2D eigenvalue weighted by Crippen LogP contribution is -2.38. The Morgan fingerprint density at radius 2 is 2.00 bits per heavy atom. The highest BCUT2D eigenvalue weighted by Crippen LogP contribution is 2.42. The standard InChI is InChI=1S/C19H15BrN2O3S/c1-10-17(11(2)23)18(22-16(24)9-26-19(22)21-10)15-8-7-14(25-15)12-3-5-13(20)6-4-12/h3-8,18H,9H2,1-2H3/t18-/m0/s1. The van der Waals surface area contributed by atoms with E-state index < -0.39 is 6.04 Å². The van der Waals surface area contributed by atoms with Gasteiger partial charge < -0.3 is 4.42 Å². The van der Waals surface area contributed by atoms with Crippen molar-refractivity contribution in [2.75, 3.05) is 5.75 Å². The number of halogens is 1. The van der Waals surface area contributed by atoms with Crippen LogP contribution in [0.25, 0.3) is 11.3 Å². The van der Waals surface area contributed by atoms with E-state index in [0.717, 1.165) is 10.0 Å². The average molecular weight is 431 g/mol. The van der Waals surface area contributed by atoms with Crippen molar-refractivity contribution in [3.8, 4) is 11.3 Å². The van der Waals surface area contributed by atoms with E-state index >= 15 is 0 Å². The molecule has 7 heteroatoms. The molecule has 2 aromatic rings. The van der Waals surface area contributed by atoms with Gasteiger partial charge in [0.05, 0.1) is 5.75 Å². The van der Waals surface area contributed by atoms with Gasteiger partial charge in [0.1, 0.15) is 17.6 Å². The van der Waals surface area contributed by atoms with Gasteiger partial charge in [0.15, 0.2) is 11.0 Å². The van der Waals surface area contributed by atoms with E-state index in [1.165, 1.54) is 18.7 Å². The lowest BCUT2D eigenvalue weighted by molar-refractivity contribution is -0.125. The second-order valence-corrected chi connectivity index (χ2v) is 7.97. The molecule has 1 amide bonds. The minimum absolute atomic E-state index is 0.0633. The Morgan fingerprint density at radius 3 is 2.69 bits per heavy atom. The van der Waals surface area contributed by atoms with E-state index in [1.54, 1.807) is 11.8 Å². The number of nitrogens with zero attached hydrogens (tertiary/aromatic N) is 2. The number of furan rings is 1. The summed E-state index contributed by atoms with van der Waals surface area (Å²) >= 11 is 4.81. The topological polar surface area (TPSA) is 62.9 Å². The molecule has 0 radical (unpaired) electrons. The number of allylic oxidation sites excluding steroid dienone is 1. The zero-order valence-electron chi connectivity index (χ0n) is 14.2. The molecule has 0 saturated carbocycles. The summed E-state index contributed by atoms with van der Waals surface area (Å²) < 4.78 is 7.06. The number of aliphatic imine (C=N–C) groups is 1. The molecule has 2 aliphatic heterocycles. The van der Waals surface area contributed by atoms with Crippen LogP contribution < -0.4 is 0 Å². The largest absolute Gasteiger partial charge is 0.458 e. The molecule has 0 unspecified atom stereocenters. The van der Waals surface area contributed by atoms with E-state index in [-0.39, 0.29) is 11.7 Å². The molecule has 0 aliphatic carbocycles. The Morgan fingerprint density at radius 1 is 1.27 bits per heavy atom. The fourth-order valence-electron chi connectivity index (χ4n) is 3.23. The van der Waals surface area contributed by atoms with Crippen LogP contribution in [0.2, 0.25) is 0 Å². The molecule has 4 rings (SSSR count). The Labute approximate surface area is 163 Å². The molecule has 1 atom stereocenters. The first kappa shape index (κ1) is 17.3. The monoisotopic (exact) mass is 430 g/mol. The molecule has 1 aromatic carbocycles. The summed E-state index contributed by atoms with van der Waals surface area (Å²) in [5.41, 5.74) is 2.06. The van der Waals surface area contributed by atoms with Crippen LogP contribution in [0.3, 0.4) is 0 Å². The summed E-state index contributed by atoms with van der Waals surface area (Å²) in [5.74, 6) is 1.41. The summed E-state index contributed by atoms with van der Waals surface area (Å²) in [5, 5.41) is 0.629. The second-order valence-electron chi connectivity index (χ2n) is 6.11. The SMILES string of the molecule is CC(=O)C1=C(C)N=C2SCC(=O)N2[C@H]1c1ccc(-c2ccc(Br)cc2)o1. The number of amides is 1. The molecular weight excluding hydrogens is 416 g/mol. The third-order valence-corrected chi connectivity index (χ3v) is 5.85. The number of carbonyl (C=O) groups excluding carboxylic acids is 2. The van der Waals surface area contributed by atoms with Gasteiger partial charge in [0, 0.05) is 21.3 Å². The van der Waals surface area contributed by atoms with Crippen molar-refractivity contribution in [1.29, 1.82) is 0 Å². The van der Waals surface area contributed by atoms with Gasteiger partial charge in [0.2, 0.25) is 5.91 Å². The van der Waals surface area contributed by atoms with Gasteiger partial charge in [-0.25, -0.2) is 4.99 Å². The second kappa shape index (κ2) is 6.55. The highest BCUT2D eigenvalue weighted by atomic mass is 79.9. The normalized spacial score (nSPS) is 19.7. The number of fused-ring (bicyclic) bond motifs is 1. The van der Waals surface area contributed by atoms with Crippen molar-refractivity contribution in [1.82, 2.24) is 4.90 Å². The van der Waals surface area contributed by atoms with E-state index in [4.69, 9.17) is 4.42 Å². The van der Waals surface area contributed by atoms with Gasteiger partial charge in [-0.05, 0) is 38.1 Å². The number of benzene rings is 1. The van der Waals surface area contributed by atoms with Crippen molar-refractivity contribution >= 4 is 44.5 Å². The van der Waals surface area contributed by atoms with Crippen molar-refractivity contribution in [2.24, 2.45) is 4.99 Å². The molecule has 132 valence electrons. The van der Waals surface area contributed by atoms with Crippen molar-refractivity contribution < 1.29 is 14.0 Å². The molecule has 0 N–H and O–H groups in total. The van der Waals surface area contributed by atoms with Gasteiger partial charge >= 0.3 is 0 Å². The minimum atomic E-state index is -0.563. The number of hydrogen-bond donors (Lipinski definition) is 0. The van der Waals surface area contributed by atoms with E-state index in [1.807, 2.05) is 36.4 Å². The lowest BCUT2D eigenvalue weighted by atomic mass is 9.96. The quantitative estimate of drug-likeness (QED) is 0.715. The Bertz CT molecular complexity index is 975. The highest BCUT2D eigenvalue weighted by molar-refractivity contribution is 9.10. The third kappa shape index (κ3) is 2.85. The van der Waals surface area contributed by atoms with E-state index in [9.17, 15) is 9.59 Å². The average Bonchev–Trinajstić information content (AvgIpc) is 3.22. The van der Waals surface area contributed by atoms with E-state index in [2.05, 4.69) is 20.9 Å². The van der Waals surface area contributed by atoms with Gasteiger partial charge in [-0.3, -0.25) is 14.5 Å². The van der Waals surface area contributed by atoms with Gasteiger partial charge in [-0.1, -0.05) is 39.8 Å². The summed E-state index contributed by atoms with van der Waals surface area (Å²) in [4.78, 5) is 30.7. The molecule has 1 saturated heterocycles. The first-order chi connectivity index (χ1) is 12.5.